The average molecular weight is 311 g/mol. The molecule has 20 heavy (non-hydrogen) atoms. The first-order valence-electron chi connectivity index (χ1n) is 6.48. The standard InChI is InChI=1S/C16H16Cl2O2/c1-2-9-19-14-5-7-15(8-6-14)20-16-10-13(18)4-3-12(16)11-17/h3-8,10H,2,9,11H2,1H3. The fourth-order valence-corrected chi connectivity index (χ4v) is 2.07. The van der Waals surface area contributed by atoms with Crippen LogP contribution in [0.3, 0.4) is 0 Å². The summed E-state index contributed by atoms with van der Waals surface area (Å²) in [6.07, 6.45) is 0.986. The highest BCUT2D eigenvalue weighted by Crippen LogP contribution is 2.30. The molecule has 0 aromatic heterocycles. The van der Waals surface area contributed by atoms with Gasteiger partial charge in [-0.05, 0) is 42.8 Å². The molecule has 2 aromatic carbocycles. The smallest absolute Gasteiger partial charge is 0.133 e. The number of rotatable bonds is 6. The molecule has 0 unspecified atom stereocenters. The minimum absolute atomic E-state index is 0.379. The predicted octanol–water partition coefficient (Wildman–Crippen LogP) is 5.66. The molecule has 0 aliphatic heterocycles. The summed E-state index contributed by atoms with van der Waals surface area (Å²) in [4.78, 5) is 0. The maximum Gasteiger partial charge on any atom is 0.133 e. The van der Waals surface area contributed by atoms with Crippen LogP contribution in [0.2, 0.25) is 5.02 Å². The van der Waals surface area contributed by atoms with Gasteiger partial charge in [0.2, 0.25) is 0 Å². The van der Waals surface area contributed by atoms with E-state index in [1.165, 1.54) is 0 Å². The molecule has 0 radical (unpaired) electrons. The summed E-state index contributed by atoms with van der Waals surface area (Å²) in [7, 11) is 0. The van der Waals surface area contributed by atoms with Crippen molar-refractivity contribution in [3.05, 3.63) is 53.1 Å². The Bertz CT molecular complexity index is 553. The van der Waals surface area contributed by atoms with Crippen LogP contribution in [-0.4, -0.2) is 6.61 Å². The van der Waals surface area contributed by atoms with E-state index in [2.05, 4.69) is 6.92 Å². The SMILES string of the molecule is CCCOc1ccc(Oc2cc(Cl)ccc2CCl)cc1. The first kappa shape index (κ1) is 15.0. The van der Waals surface area contributed by atoms with E-state index in [1.807, 2.05) is 30.3 Å². The quantitative estimate of drug-likeness (QED) is 0.641. The third kappa shape index (κ3) is 4.06. The number of alkyl halides is 1. The van der Waals surface area contributed by atoms with Gasteiger partial charge in [0.05, 0.1) is 12.5 Å². The predicted molar refractivity (Wildman–Crippen MR) is 83.3 cm³/mol. The van der Waals surface area contributed by atoms with Crippen LogP contribution in [0.4, 0.5) is 0 Å². The molecule has 0 saturated heterocycles. The molecule has 0 fully saturated rings. The molecule has 0 amide bonds. The number of hydrogen-bond donors (Lipinski definition) is 0. The summed E-state index contributed by atoms with van der Waals surface area (Å²) in [5.74, 6) is 2.62. The van der Waals surface area contributed by atoms with Gasteiger partial charge in [0, 0.05) is 10.6 Å². The molecule has 0 aliphatic carbocycles. The molecule has 4 heteroatoms. The average Bonchev–Trinajstić information content (AvgIpc) is 2.47. The highest BCUT2D eigenvalue weighted by atomic mass is 35.5. The highest BCUT2D eigenvalue weighted by Gasteiger charge is 2.05. The lowest BCUT2D eigenvalue weighted by molar-refractivity contribution is 0.317. The van der Waals surface area contributed by atoms with Crippen LogP contribution < -0.4 is 9.47 Å². The van der Waals surface area contributed by atoms with Crippen molar-refractivity contribution in [3.63, 3.8) is 0 Å². The van der Waals surface area contributed by atoms with Crippen molar-refractivity contribution in [3.8, 4) is 17.2 Å². The Kier molecular flexibility index (Phi) is 5.57. The van der Waals surface area contributed by atoms with Crippen LogP contribution in [0.1, 0.15) is 18.9 Å². The molecule has 0 bridgehead atoms. The molecule has 0 saturated carbocycles. The third-order valence-corrected chi connectivity index (χ3v) is 3.22. The van der Waals surface area contributed by atoms with Gasteiger partial charge in [0.15, 0.2) is 0 Å². The highest BCUT2D eigenvalue weighted by molar-refractivity contribution is 6.30. The lowest BCUT2D eigenvalue weighted by Gasteiger charge is -2.11. The van der Waals surface area contributed by atoms with Crippen molar-refractivity contribution in [2.45, 2.75) is 19.2 Å². The van der Waals surface area contributed by atoms with Crippen LogP contribution in [0, 0.1) is 0 Å². The van der Waals surface area contributed by atoms with Crippen molar-refractivity contribution in [2.24, 2.45) is 0 Å². The maximum absolute atomic E-state index is 5.98. The van der Waals surface area contributed by atoms with Crippen LogP contribution in [0.5, 0.6) is 17.2 Å². The summed E-state index contributed by atoms with van der Waals surface area (Å²) < 4.78 is 11.3. The van der Waals surface area contributed by atoms with Crippen molar-refractivity contribution < 1.29 is 9.47 Å². The number of halogens is 2. The van der Waals surface area contributed by atoms with E-state index in [1.54, 1.807) is 12.1 Å². The van der Waals surface area contributed by atoms with Crippen molar-refractivity contribution in [1.29, 1.82) is 0 Å². The van der Waals surface area contributed by atoms with E-state index in [0.717, 1.165) is 23.5 Å². The lowest BCUT2D eigenvalue weighted by atomic mass is 10.2. The topological polar surface area (TPSA) is 18.5 Å². The van der Waals surface area contributed by atoms with Crippen molar-refractivity contribution in [2.75, 3.05) is 6.61 Å². The number of benzene rings is 2. The molecule has 106 valence electrons. The van der Waals surface area contributed by atoms with Gasteiger partial charge in [0.1, 0.15) is 17.2 Å². The van der Waals surface area contributed by atoms with Gasteiger partial charge in [-0.15, -0.1) is 11.6 Å². The molecule has 0 atom stereocenters. The molecular formula is C16H16Cl2O2. The first-order chi connectivity index (χ1) is 9.72. The van der Waals surface area contributed by atoms with Gasteiger partial charge in [-0.1, -0.05) is 24.6 Å². The number of ether oxygens (including phenoxy) is 2. The second-order valence-corrected chi connectivity index (χ2v) is 5.01. The molecule has 2 rings (SSSR count). The fraction of sp³-hybridized carbons (Fsp3) is 0.250. The fourth-order valence-electron chi connectivity index (χ4n) is 1.68. The van der Waals surface area contributed by atoms with Crippen molar-refractivity contribution >= 4 is 23.2 Å². The molecule has 2 nitrogen and oxygen atoms in total. The Balaban J connectivity index is 2.11. The van der Waals surface area contributed by atoms with E-state index in [0.29, 0.717) is 23.3 Å². The van der Waals surface area contributed by atoms with Crippen LogP contribution in [0.25, 0.3) is 0 Å². The zero-order valence-electron chi connectivity index (χ0n) is 11.2. The first-order valence-corrected chi connectivity index (χ1v) is 7.39. The van der Waals surface area contributed by atoms with Crippen LogP contribution in [0.15, 0.2) is 42.5 Å². The molecule has 0 heterocycles. The second-order valence-electron chi connectivity index (χ2n) is 4.31. The summed E-state index contributed by atoms with van der Waals surface area (Å²) in [6, 6.07) is 12.9. The van der Waals surface area contributed by atoms with Gasteiger partial charge >= 0.3 is 0 Å². The van der Waals surface area contributed by atoms with Crippen LogP contribution in [-0.2, 0) is 5.88 Å². The Morgan fingerprint density at radius 1 is 1.00 bits per heavy atom. The van der Waals surface area contributed by atoms with Crippen LogP contribution >= 0.6 is 23.2 Å². The van der Waals surface area contributed by atoms with Gasteiger partial charge in [-0.2, -0.15) is 0 Å². The minimum Gasteiger partial charge on any atom is -0.494 e. The largest absolute Gasteiger partial charge is 0.494 e. The monoisotopic (exact) mass is 310 g/mol. The zero-order chi connectivity index (χ0) is 14.4. The van der Waals surface area contributed by atoms with Gasteiger partial charge in [-0.25, -0.2) is 0 Å². The second kappa shape index (κ2) is 7.41. The Morgan fingerprint density at radius 3 is 2.35 bits per heavy atom. The third-order valence-electron chi connectivity index (χ3n) is 2.70. The molecule has 0 N–H and O–H groups in total. The molecule has 2 aromatic rings. The summed E-state index contributed by atoms with van der Waals surface area (Å²) in [5, 5.41) is 0.622. The van der Waals surface area contributed by atoms with E-state index < -0.39 is 0 Å². The molecular weight excluding hydrogens is 295 g/mol. The van der Waals surface area contributed by atoms with Gasteiger partial charge in [0.25, 0.3) is 0 Å². The lowest BCUT2D eigenvalue weighted by Crippen LogP contribution is -1.95. The zero-order valence-corrected chi connectivity index (χ0v) is 12.7. The van der Waals surface area contributed by atoms with E-state index in [-0.39, 0.29) is 0 Å². The molecule has 0 spiro atoms. The minimum atomic E-state index is 0.379. The summed E-state index contributed by atoms with van der Waals surface area (Å²) in [5.41, 5.74) is 0.905. The Morgan fingerprint density at radius 2 is 1.70 bits per heavy atom. The van der Waals surface area contributed by atoms with E-state index in [4.69, 9.17) is 32.7 Å². The number of hydrogen-bond acceptors (Lipinski definition) is 2. The Labute approximate surface area is 129 Å². The van der Waals surface area contributed by atoms with E-state index >= 15 is 0 Å². The molecule has 0 aliphatic rings. The van der Waals surface area contributed by atoms with Gasteiger partial charge < -0.3 is 9.47 Å². The summed E-state index contributed by atoms with van der Waals surface area (Å²) >= 11 is 11.9. The van der Waals surface area contributed by atoms with Gasteiger partial charge in [-0.3, -0.25) is 0 Å². The summed E-state index contributed by atoms with van der Waals surface area (Å²) in [6.45, 7) is 2.79. The van der Waals surface area contributed by atoms with Crippen molar-refractivity contribution in [1.82, 2.24) is 0 Å². The maximum atomic E-state index is 5.98. The normalized spacial score (nSPS) is 10.3. The van der Waals surface area contributed by atoms with E-state index in [9.17, 15) is 0 Å². The Hall–Kier alpha value is -1.38.